The maximum atomic E-state index is 13.5. The molecule has 2 heterocycles. The number of para-hydroxylation sites is 3. The molecular formula is C34H38N4O2. The zero-order valence-corrected chi connectivity index (χ0v) is 23.5. The van der Waals surface area contributed by atoms with Gasteiger partial charge in [0.05, 0.1) is 11.4 Å². The van der Waals surface area contributed by atoms with Crippen LogP contribution >= 0.6 is 0 Å². The molecule has 0 spiro atoms. The lowest BCUT2D eigenvalue weighted by molar-refractivity contribution is -0.122. The van der Waals surface area contributed by atoms with Crippen LogP contribution < -0.4 is 15.0 Å². The number of hydrogen-bond donors (Lipinski definition) is 1. The Hall–Kier alpha value is -3.93. The van der Waals surface area contributed by atoms with E-state index in [1.54, 1.807) is 0 Å². The summed E-state index contributed by atoms with van der Waals surface area (Å²) in [6.07, 6.45) is 8.03. The van der Waals surface area contributed by atoms with E-state index in [0.717, 1.165) is 70.5 Å². The van der Waals surface area contributed by atoms with Gasteiger partial charge in [-0.3, -0.25) is 4.79 Å². The summed E-state index contributed by atoms with van der Waals surface area (Å²) in [5, 5.41) is 4.40. The minimum absolute atomic E-state index is 0.0674. The highest BCUT2D eigenvalue weighted by Gasteiger charge is 2.33. The van der Waals surface area contributed by atoms with Gasteiger partial charge in [0.2, 0.25) is 5.91 Å². The van der Waals surface area contributed by atoms with Crippen LogP contribution in [0, 0.1) is 11.8 Å². The number of ether oxygens (including phenoxy) is 1. The Balaban J connectivity index is 0.996. The molecule has 0 unspecified atom stereocenters. The van der Waals surface area contributed by atoms with Gasteiger partial charge in [-0.25, -0.2) is 9.97 Å². The maximum absolute atomic E-state index is 13.5. The smallest absolute Gasteiger partial charge is 0.232 e. The molecule has 1 amide bonds. The van der Waals surface area contributed by atoms with Crippen molar-refractivity contribution in [2.75, 3.05) is 25.5 Å². The van der Waals surface area contributed by atoms with Crippen LogP contribution in [0.2, 0.25) is 0 Å². The lowest BCUT2D eigenvalue weighted by Gasteiger charge is -2.30. The van der Waals surface area contributed by atoms with Crippen LogP contribution in [-0.2, 0) is 11.2 Å². The molecule has 6 rings (SSSR count). The van der Waals surface area contributed by atoms with E-state index in [4.69, 9.17) is 14.7 Å². The van der Waals surface area contributed by atoms with Crippen LogP contribution in [-0.4, -0.2) is 36.5 Å². The van der Waals surface area contributed by atoms with E-state index < -0.39 is 0 Å². The van der Waals surface area contributed by atoms with Crippen molar-refractivity contribution in [1.29, 1.82) is 0 Å². The number of hydrogen-bond acceptors (Lipinski definition) is 5. The summed E-state index contributed by atoms with van der Waals surface area (Å²) in [6, 6.07) is 24.0. The number of nitrogens with one attached hydrogen (secondary N) is 1. The zero-order chi connectivity index (χ0) is 27.5. The van der Waals surface area contributed by atoms with Crippen LogP contribution in [0.15, 0.2) is 72.8 Å². The Morgan fingerprint density at radius 3 is 2.17 bits per heavy atom. The number of rotatable bonds is 8. The standard InChI is InChI=1S/C34H38N4O2/c1-38(2)33-25-11-3-6-14-28(25)36-31(37-33)17-9-10-23-18-20-24(21-19-23)22-35-34(39)32-26-12-4-7-15-29(26)40-30-16-8-5-13-27(30)32/h3-8,11-16,23-24,32H,9-10,17-22H2,1-2H3,(H,35,39). The number of fused-ring (bicyclic) bond motifs is 3. The summed E-state index contributed by atoms with van der Waals surface area (Å²) >= 11 is 0. The van der Waals surface area contributed by atoms with Gasteiger partial charge in [0.1, 0.15) is 23.1 Å². The number of aromatic nitrogens is 2. The molecule has 1 aromatic heterocycles. The average molecular weight is 535 g/mol. The molecule has 40 heavy (non-hydrogen) atoms. The number of aryl methyl sites for hydroxylation is 1. The molecule has 0 atom stereocenters. The molecule has 1 fully saturated rings. The molecule has 1 aliphatic heterocycles. The maximum Gasteiger partial charge on any atom is 0.232 e. The van der Waals surface area contributed by atoms with E-state index in [9.17, 15) is 4.79 Å². The lowest BCUT2D eigenvalue weighted by Crippen LogP contribution is -2.36. The first-order valence-corrected chi connectivity index (χ1v) is 14.6. The van der Waals surface area contributed by atoms with Crippen LogP contribution in [0.1, 0.15) is 61.4 Å². The third-order valence-electron chi connectivity index (χ3n) is 8.54. The van der Waals surface area contributed by atoms with Crippen molar-refractivity contribution >= 4 is 22.6 Å². The predicted molar refractivity (Wildman–Crippen MR) is 160 cm³/mol. The number of carbonyl (C=O) groups is 1. The average Bonchev–Trinajstić information content (AvgIpc) is 2.98. The summed E-state index contributed by atoms with van der Waals surface area (Å²) in [5.41, 5.74) is 2.90. The van der Waals surface area contributed by atoms with Gasteiger partial charge in [-0.1, -0.05) is 67.8 Å². The molecule has 2 aliphatic rings. The van der Waals surface area contributed by atoms with E-state index in [2.05, 4.69) is 22.3 Å². The molecule has 6 nitrogen and oxygen atoms in total. The molecule has 206 valence electrons. The Kier molecular flexibility index (Phi) is 7.67. The SMILES string of the molecule is CN(C)c1nc(CCCC2CCC(CNC(=O)C3c4ccccc4Oc4ccccc43)CC2)nc2ccccc12. The molecule has 6 heteroatoms. The van der Waals surface area contributed by atoms with Gasteiger partial charge < -0.3 is 15.0 Å². The minimum atomic E-state index is -0.331. The van der Waals surface area contributed by atoms with Crippen molar-refractivity contribution in [3.8, 4) is 11.5 Å². The Morgan fingerprint density at radius 2 is 1.48 bits per heavy atom. The molecule has 0 saturated heterocycles. The number of carbonyl (C=O) groups excluding carboxylic acids is 1. The third-order valence-corrected chi connectivity index (χ3v) is 8.54. The monoisotopic (exact) mass is 534 g/mol. The van der Waals surface area contributed by atoms with Gasteiger partial charge in [-0.2, -0.15) is 0 Å². The van der Waals surface area contributed by atoms with Crippen molar-refractivity contribution < 1.29 is 9.53 Å². The van der Waals surface area contributed by atoms with Crippen molar-refractivity contribution in [2.45, 2.75) is 50.9 Å². The molecule has 0 radical (unpaired) electrons. The highest BCUT2D eigenvalue weighted by atomic mass is 16.5. The normalized spacial score (nSPS) is 18.4. The van der Waals surface area contributed by atoms with E-state index in [1.165, 1.54) is 32.1 Å². The fraction of sp³-hybridized carbons (Fsp3) is 0.382. The highest BCUT2D eigenvalue weighted by molar-refractivity contribution is 5.90. The van der Waals surface area contributed by atoms with E-state index in [0.29, 0.717) is 5.92 Å². The summed E-state index contributed by atoms with van der Waals surface area (Å²) in [4.78, 5) is 25.3. The van der Waals surface area contributed by atoms with Crippen LogP contribution in [0.4, 0.5) is 5.82 Å². The summed E-state index contributed by atoms with van der Waals surface area (Å²) < 4.78 is 6.07. The fourth-order valence-corrected chi connectivity index (χ4v) is 6.37. The van der Waals surface area contributed by atoms with E-state index >= 15 is 0 Å². The second-order valence-electron chi connectivity index (χ2n) is 11.5. The molecule has 1 aliphatic carbocycles. The van der Waals surface area contributed by atoms with Gasteiger partial charge in [-0.15, -0.1) is 0 Å². The van der Waals surface area contributed by atoms with Crippen molar-refractivity contribution in [3.05, 3.63) is 89.7 Å². The molecule has 4 aromatic rings. The Morgan fingerprint density at radius 1 is 0.850 bits per heavy atom. The summed E-state index contributed by atoms with van der Waals surface area (Å²) in [6.45, 7) is 0.742. The second-order valence-corrected chi connectivity index (χ2v) is 11.5. The first kappa shape index (κ1) is 26.3. The van der Waals surface area contributed by atoms with Gasteiger partial charge >= 0.3 is 0 Å². The number of amides is 1. The van der Waals surface area contributed by atoms with Gasteiger partial charge in [0, 0.05) is 43.6 Å². The van der Waals surface area contributed by atoms with Crippen molar-refractivity contribution in [2.24, 2.45) is 11.8 Å². The lowest BCUT2D eigenvalue weighted by atomic mass is 9.79. The number of nitrogens with zero attached hydrogens (tertiary/aromatic N) is 3. The molecular weight excluding hydrogens is 496 g/mol. The summed E-state index contributed by atoms with van der Waals surface area (Å²) in [5.74, 6) is 4.50. The minimum Gasteiger partial charge on any atom is -0.457 e. The number of benzene rings is 3. The van der Waals surface area contributed by atoms with Crippen LogP contribution in [0.3, 0.4) is 0 Å². The first-order chi connectivity index (χ1) is 19.6. The molecule has 3 aromatic carbocycles. The van der Waals surface area contributed by atoms with Gasteiger partial charge in [-0.05, 0) is 55.4 Å². The Labute approximate surface area is 236 Å². The first-order valence-electron chi connectivity index (χ1n) is 14.6. The van der Waals surface area contributed by atoms with Crippen LogP contribution in [0.5, 0.6) is 11.5 Å². The molecule has 1 N–H and O–H groups in total. The molecule has 1 saturated carbocycles. The summed E-state index contributed by atoms with van der Waals surface area (Å²) in [7, 11) is 4.08. The molecule has 0 bridgehead atoms. The number of anilines is 1. The predicted octanol–water partition coefficient (Wildman–Crippen LogP) is 6.88. The van der Waals surface area contributed by atoms with Gasteiger partial charge in [0.25, 0.3) is 0 Å². The fourth-order valence-electron chi connectivity index (χ4n) is 6.37. The third kappa shape index (κ3) is 5.53. The highest BCUT2D eigenvalue weighted by Crippen LogP contribution is 2.44. The topological polar surface area (TPSA) is 67.4 Å². The van der Waals surface area contributed by atoms with Gasteiger partial charge in [0.15, 0.2) is 0 Å². The van der Waals surface area contributed by atoms with E-state index in [1.807, 2.05) is 74.8 Å². The van der Waals surface area contributed by atoms with Crippen LogP contribution in [0.25, 0.3) is 10.9 Å². The largest absolute Gasteiger partial charge is 0.457 e. The zero-order valence-electron chi connectivity index (χ0n) is 23.5. The van der Waals surface area contributed by atoms with Crippen molar-refractivity contribution in [3.63, 3.8) is 0 Å². The second kappa shape index (κ2) is 11.7. The van der Waals surface area contributed by atoms with E-state index in [-0.39, 0.29) is 11.8 Å². The van der Waals surface area contributed by atoms with Crippen molar-refractivity contribution in [1.82, 2.24) is 15.3 Å². The Bertz CT molecular complexity index is 1450. The quantitative estimate of drug-likeness (QED) is 0.267.